The van der Waals surface area contributed by atoms with Crippen LogP contribution >= 0.6 is 23.1 Å². The first kappa shape index (κ1) is 22.3. The third kappa shape index (κ3) is 5.30. The van der Waals surface area contributed by atoms with Crippen LogP contribution in [-0.2, 0) is 14.2 Å². The van der Waals surface area contributed by atoms with E-state index in [0.29, 0.717) is 56.0 Å². The lowest BCUT2D eigenvalue weighted by Crippen LogP contribution is -2.19. The van der Waals surface area contributed by atoms with Crippen molar-refractivity contribution in [3.05, 3.63) is 34.5 Å². The summed E-state index contributed by atoms with van der Waals surface area (Å²) in [6.07, 6.45) is 0. The van der Waals surface area contributed by atoms with Crippen molar-refractivity contribution < 1.29 is 23.7 Å². The fraction of sp³-hybridized carbons (Fsp3) is 0.455. The zero-order valence-electron chi connectivity index (χ0n) is 17.4. The highest BCUT2D eigenvalue weighted by molar-refractivity contribution is 7.99. The second-order valence-electron chi connectivity index (χ2n) is 6.64. The van der Waals surface area contributed by atoms with Gasteiger partial charge in [-0.15, -0.1) is 23.1 Å². The lowest BCUT2D eigenvalue weighted by Gasteiger charge is -2.19. The molecule has 0 saturated carbocycles. The van der Waals surface area contributed by atoms with Gasteiger partial charge in [-0.3, -0.25) is 4.79 Å². The summed E-state index contributed by atoms with van der Waals surface area (Å²) in [6, 6.07) is 7.89. The van der Waals surface area contributed by atoms with E-state index in [-0.39, 0.29) is 24.4 Å². The highest BCUT2D eigenvalue weighted by Gasteiger charge is 2.27. The molecule has 0 saturated heterocycles. The van der Waals surface area contributed by atoms with Crippen LogP contribution in [0.15, 0.2) is 34.0 Å². The zero-order valence-corrected chi connectivity index (χ0v) is 19.0. The average molecular weight is 464 g/mol. The molecule has 2 heterocycles. The number of hydrogen-bond donors (Lipinski definition) is 0. The first-order chi connectivity index (χ1) is 15.3. The quantitative estimate of drug-likeness (QED) is 0.421. The Morgan fingerprint density at radius 2 is 1.52 bits per heavy atom. The Balaban J connectivity index is 1.81. The summed E-state index contributed by atoms with van der Waals surface area (Å²) in [5, 5.41) is 0. The van der Waals surface area contributed by atoms with E-state index in [9.17, 15) is 4.79 Å². The van der Waals surface area contributed by atoms with Gasteiger partial charge in [-0.25, -0.2) is 4.98 Å². The second kappa shape index (κ2) is 11.1. The normalized spacial score (nSPS) is 16.7. The summed E-state index contributed by atoms with van der Waals surface area (Å²) in [5.74, 6) is 1.32. The van der Waals surface area contributed by atoms with Crippen LogP contribution in [0.1, 0.15) is 6.92 Å². The molecule has 0 spiro atoms. The summed E-state index contributed by atoms with van der Waals surface area (Å²) in [7, 11) is 0. The molecule has 9 heteroatoms. The number of benzene rings is 2. The van der Waals surface area contributed by atoms with Crippen molar-refractivity contribution in [3.8, 4) is 22.1 Å². The molecule has 0 atom stereocenters. The maximum absolute atomic E-state index is 13.4. The molecule has 0 fully saturated rings. The minimum atomic E-state index is -0.170. The van der Waals surface area contributed by atoms with E-state index in [2.05, 4.69) is 0 Å². The average Bonchev–Trinajstić information content (AvgIpc) is 2.80. The van der Waals surface area contributed by atoms with Gasteiger partial charge in [0.1, 0.15) is 18.9 Å². The molecule has 1 aromatic carbocycles. The first-order valence-electron chi connectivity index (χ1n) is 10.3. The Morgan fingerprint density at radius 3 is 2.19 bits per heavy atom. The van der Waals surface area contributed by atoms with Crippen LogP contribution in [0.4, 0.5) is 0 Å². The third-order valence-corrected chi connectivity index (χ3v) is 6.81. The van der Waals surface area contributed by atoms with Crippen molar-refractivity contribution in [1.29, 1.82) is 0 Å². The molecule has 2 aliphatic heterocycles. The molecule has 31 heavy (non-hydrogen) atoms. The summed E-state index contributed by atoms with van der Waals surface area (Å²) in [5.41, 5.74) is 1.32. The Morgan fingerprint density at radius 1 is 0.903 bits per heavy atom. The van der Waals surface area contributed by atoms with Gasteiger partial charge in [0.25, 0.3) is 0 Å². The molecule has 166 valence electrons. The molecule has 1 aliphatic carbocycles. The Bertz CT molecular complexity index is 1040. The number of fused-ring (bicyclic) bond motifs is 4. The molecule has 1 aromatic rings. The Hall–Kier alpha value is -1.91. The predicted octanol–water partition coefficient (Wildman–Crippen LogP) is 3.69. The smallest absolute Gasteiger partial charge is 0.239 e. The minimum Gasteiger partial charge on any atom is -0.485 e. The van der Waals surface area contributed by atoms with Crippen LogP contribution < -0.4 is 14.9 Å². The van der Waals surface area contributed by atoms with Crippen LogP contribution in [0, 0.1) is 0 Å². The molecular formula is C22H25NO6S2. The van der Waals surface area contributed by atoms with Gasteiger partial charge < -0.3 is 23.7 Å². The Kier molecular flexibility index (Phi) is 7.98. The molecule has 0 amide bonds. The molecule has 0 radical (unpaired) electrons. The van der Waals surface area contributed by atoms with E-state index < -0.39 is 0 Å². The topological polar surface area (TPSA) is 76.1 Å². The van der Waals surface area contributed by atoms with Gasteiger partial charge in [0, 0.05) is 0 Å². The summed E-state index contributed by atoms with van der Waals surface area (Å²) in [4.78, 5) is 19.7. The van der Waals surface area contributed by atoms with Gasteiger partial charge >= 0.3 is 0 Å². The molecule has 7 nitrogen and oxygen atoms in total. The number of aromatic nitrogens is 1. The molecule has 0 unspecified atom stereocenters. The Labute approximate surface area is 189 Å². The number of para-hydroxylation sites is 1. The molecule has 0 bridgehead atoms. The molecular weight excluding hydrogens is 438 g/mol. The van der Waals surface area contributed by atoms with E-state index in [0.717, 1.165) is 20.8 Å². The van der Waals surface area contributed by atoms with Crippen LogP contribution in [0.2, 0.25) is 0 Å². The number of rotatable bonds is 2. The summed E-state index contributed by atoms with van der Waals surface area (Å²) >= 11 is 3.05. The van der Waals surface area contributed by atoms with Crippen molar-refractivity contribution in [2.24, 2.45) is 0 Å². The summed E-state index contributed by atoms with van der Waals surface area (Å²) in [6.45, 7) is 5.17. The minimum absolute atomic E-state index is 0.170. The maximum Gasteiger partial charge on any atom is 0.239 e. The van der Waals surface area contributed by atoms with E-state index in [1.165, 1.54) is 11.8 Å². The zero-order chi connectivity index (χ0) is 21.5. The molecule has 0 N–H and O–H groups in total. The van der Waals surface area contributed by atoms with Crippen molar-refractivity contribution in [2.75, 3.05) is 58.6 Å². The van der Waals surface area contributed by atoms with E-state index in [4.69, 9.17) is 28.7 Å². The van der Waals surface area contributed by atoms with Crippen LogP contribution in [-0.4, -0.2) is 63.6 Å². The lowest BCUT2D eigenvalue weighted by molar-refractivity contribution is 0.00706. The molecule has 4 rings (SSSR count). The molecule has 0 aromatic heterocycles. The van der Waals surface area contributed by atoms with Crippen molar-refractivity contribution in [3.63, 3.8) is 0 Å². The summed E-state index contributed by atoms with van der Waals surface area (Å²) < 4.78 is 29.5. The van der Waals surface area contributed by atoms with E-state index >= 15 is 0 Å². The monoisotopic (exact) mass is 463 g/mol. The van der Waals surface area contributed by atoms with Crippen molar-refractivity contribution in [1.82, 2.24) is 4.98 Å². The van der Waals surface area contributed by atoms with Gasteiger partial charge in [0.15, 0.2) is 5.75 Å². The number of hydrogen-bond acceptors (Lipinski definition) is 9. The molecule has 3 aliphatic rings. The fourth-order valence-electron chi connectivity index (χ4n) is 3.18. The fourth-order valence-corrected chi connectivity index (χ4v) is 5.22. The number of thioether (sulfide) groups is 1. The largest absolute Gasteiger partial charge is 0.485 e. The van der Waals surface area contributed by atoms with Gasteiger partial charge in [-0.1, -0.05) is 19.1 Å². The van der Waals surface area contributed by atoms with E-state index in [1.54, 1.807) is 11.3 Å². The van der Waals surface area contributed by atoms with Crippen molar-refractivity contribution >= 4 is 33.3 Å². The first-order valence-corrected chi connectivity index (χ1v) is 12.1. The standard InChI is InChI=1S/C22H25NO6S2/c1-2-30-22-18(24)20-19(17-21(22)31-16-6-4-3-5-15(16)23-17)28-13-11-26-9-7-25-8-10-27-12-14-29-20/h3-6H,2,7-14H2,1H3. The van der Waals surface area contributed by atoms with Crippen molar-refractivity contribution in [2.45, 2.75) is 11.8 Å². The van der Waals surface area contributed by atoms with Gasteiger partial charge in [0.2, 0.25) is 11.2 Å². The van der Waals surface area contributed by atoms with Crippen LogP contribution in [0.3, 0.4) is 0 Å². The van der Waals surface area contributed by atoms with E-state index in [1.807, 2.05) is 31.2 Å². The number of ether oxygens (including phenoxy) is 5. The SMILES string of the molecule is CCSc1c2sc3ccccc3nc-2c2c(c1=O)OCCOCCOCCOCCO2. The highest BCUT2D eigenvalue weighted by atomic mass is 32.2. The lowest BCUT2D eigenvalue weighted by atomic mass is 10.2. The third-order valence-electron chi connectivity index (χ3n) is 4.55. The highest BCUT2D eigenvalue weighted by Crippen LogP contribution is 2.45. The second-order valence-corrected chi connectivity index (χ2v) is 8.97. The number of nitrogens with zero attached hydrogens (tertiary/aromatic N) is 1. The van der Waals surface area contributed by atoms with Crippen LogP contribution in [0.5, 0.6) is 11.5 Å². The van der Waals surface area contributed by atoms with Gasteiger partial charge in [-0.2, -0.15) is 0 Å². The maximum atomic E-state index is 13.4. The van der Waals surface area contributed by atoms with Gasteiger partial charge in [-0.05, 0) is 17.9 Å². The predicted molar refractivity (Wildman–Crippen MR) is 122 cm³/mol. The van der Waals surface area contributed by atoms with Crippen LogP contribution in [0.25, 0.3) is 20.8 Å². The van der Waals surface area contributed by atoms with Gasteiger partial charge in [0.05, 0.1) is 59.6 Å².